The number of hydrogen-bond donors (Lipinski definition) is 1. The van der Waals surface area contributed by atoms with Crippen molar-refractivity contribution in [2.24, 2.45) is 0 Å². The van der Waals surface area contributed by atoms with Crippen molar-refractivity contribution in [2.75, 3.05) is 0 Å². The van der Waals surface area contributed by atoms with E-state index in [9.17, 15) is 26.4 Å². The number of hydrogen-bond acceptors (Lipinski definition) is 5. The summed E-state index contributed by atoms with van der Waals surface area (Å²) in [5.74, 6) is -0.444. The van der Waals surface area contributed by atoms with Crippen molar-refractivity contribution >= 4 is 38.7 Å². The van der Waals surface area contributed by atoms with Crippen molar-refractivity contribution in [3.63, 3.8) is 0 Å². The number of alkyl halides is 3. The van der Waals surface area contributed by atoms with Crippen molar-refractivity contribution in [1.29, 1.82) is 0 Å². The normalized spacial score (nSPS) is 12.2. The second-order valence-corrected chi connectivity index (χ2v) is 10.4. The van der Waals surface area contributed by atoms with Gasteiger partial charge in [0, 0.05) is 5.02 Å². The Morgan fingerprint density at radius 3 is 2.31 bits per heavy atom. The number of aromatic nitrogens is 3. The standard InChI is InChI=1S/C24H20ClF3N4O3S/c1-13-4-8-18(9-5-13)36(34,35)31-23(33)20-10-14(2)21-22(30-20)32(15(3)29-21)12-16-6-7-17(11-19(16)25)24(26,27)28/h4-11H,12H2,1-3H3,(H,31,33). The topological polar surface area (TPSA) is 94.0 Å². The third-order valence-electron chi connectivity index (χ3n) is 5.58. The number of carbonyl (C=O) groups is 1. The van der Waals surface area contributed by atoms with Crippen molar-refractivity contribution < 1.29 is 26.4 Å². The van der Waals surface area contributed by atoms with Gasteiger partial charge in [0.2, 0.25) is 0 Å². The van der Waals surface area contributed by atoms with Crippen LogP contribution in [-0.4, -0.2) is 28.9 Å². The minimum Gasteiger partial charge on any atom is -0.308 e. The molecule has 0 radical (unpaired) electrons. The van der Waals surface area contributed by atoms with E-state index < -0.39 is 27.7 Å². The zero-order chi connectivity index (χ0) is 26.4. The highest BCUT2D eigenvalue weighted by atomic mass is 35.5. The summed E-state index contributed by atoms with van der Waals surface area (Å²) in [6.07, 6.45) is -4.53. The number of amides is 1. The first-order chi connectivity index (χ1) is 16.8. The first-order valence-corrected chi connectivity index (χ1v) is 12.5. The number of rotatable bonds is 5. The van der Waals surface area contributed by atoms with Crippen LogP contribution in [0.1, 0.15) is 38.6 Å². The number of imidazole rings is 1. The largest absolute Gasteiger partial charge is 0.416 e. The summed E-state index contributed by atoms with van der Waals surface area (Å²) < 4.78 is 67.9. The average Bonchev–Trinajstić information content (AvgIpc) is 3.10. The Morgan fingerprint density at radius 2 is 1.69 bits per heavy atom. The van der Waals surface area contributed by atoms with Gasteiger partial charge in [0.15, 0.2) is 5.65 Å². The molecule has 2 aromatic carbocycles. The number of benzene rings is 2. The lowest BCUT2D eigenvalue weighted by atomic mass is 10.1. The molecule has 188 valence electrons. The van der Waals surface area contributed by atoms with Gasteiger partial charge >= 0.3 is 6.18 Å². The van der Waals surface area contributed by atoms with Crippen LogP contribution in [0.3, 0.4) is 0 Å². The van der Waals surface area contributed by atoms with E-state index in [4.69, 9.17) is 11.6 Å². The summed E-state index contributed by atoms with van der Waals surface area (Å²) in [6, 6.07) is 10.5. The molecule has 0 atom stereocenters. The summed E-state index contributed by atoms with van der Waals surface area (Å²) in [5.41, 5.74) is 1.53. The number of nitrogens with one attached hydrogen (secondary N) is 1. The van der Waals surface area contributed by atoms with Crippen LogP contribution in [-0.2, 0) is 22.7 Å². The van der Waals surface area contributed by atoms with Gasteiger partial charge in [-0.15, -0.1) is 0 Å². The van der Waals surface area contributed by atoms with E-state index >= 15 is 0 Å². The van der Waals surface area contributed by atoms with Gasteiger partial charge in [0.25, 0.3) is 15.9 Å². The summed E-state index contributed by atoms with van der Waals surface area (Å²) in [7, 11) is -4.14. The monoisotopic (exact) mass is 536 g/mol. The second-order valence-electron chi connectivity index (χ2n) is 8.29. The van der Waals surface area contributed by atoms with Crippen molar-refractivity contribution in [3.8, 4) is 0 Å². The Kier molecular flexibility index (Phi) is 6.56. The zero-order valence-electron chi connectivity index (χ0n) is 19.3. The van der Waals surface area contributed by atoms with E-state index in [-0.39, 0.29) is 27.8 Å². The molecule has 0 aliphatic heterocycles. The minimum atomic E-state index is -4.53. The van der Waals surface area contributed by atoms with Gasteiger partial charge in [-0.2, -0.15) is 13.2 Å². The molecule has 2 heterocycles. The lowest BCUT2D eigenvalue weighted by Crippen LogP contribution is -2.31. The number of halogens is 4. The molecule has 0 aliphatic rings. The molecule has 1 amide bonds. The number of aryl methyl sites for hydroxylation is 3. The highest BCUT2D eigenvalue weighted by Gasteiger charge is 2.31. The number of fused-ring (bicyclic) bond motifs is 1. The highest BCUT2D eigenvalue weighted by Crippen LogP contribution is 2.33. The van der Waals surface area contributed by atoms with Crippen LogP contribution in [0.4, 0.5) is 13.2 Å². The molecule has 7 nitrogen and oxygen atoms in total. The van der Waals surface area contributed by atoms with Crippen LogP contribution < -0.4 is 4.72 Å². The molecule has 0 saturated carbocycles. The molecule has 0 aliphatic carbocycles. The van der Waals surface area contributed by atoms with E-state index in [0.717, 1.165) is 17.7 Å². The molecule has 4 aromatic rings. The van der Waals surface area contributed by atoms with Gasteiger partial charge in [0.1, 0.15) is 17.0 Å². The summed E-state index contributed by atoms with van der Waals surface area (Å²) in [5, 5.41) is -0.0825. The van der Waals surface area contributed by atoms with Crippen LogP contribution in [0, 0.1) is 20.8 Å². The van der Waals surface area contributed by atoms with Crippen LogP contribution in [0.15, 0.2) is 53.4 Å². The Morgan fingerprint density at radius 1 is 1.03 bits per heavy atom. The van der Waals surface area contributed by atoms with Crippen LogP contribution in [0.5, 0.6) is 0 Å². The van der Waals surface area contributed by atoms with Crippen molar-refractivity contribution in [1.82, 2.24) is 19.3 Å². The van der Waals surface area contributed by atoms with Gasteiger partial charge in [-0.05, 0) is 62.2 Å². The fraction of sp³-hybridized carbons (Fsp3) is 0.208. The van der Waals surface area contributed by atoms with Gasteiger partial charge in [0.05, 0.1) is 17.0 Å². The summed E-state index contributed by atoms with van der Waals surface area (Å²) in [4.78, 5) is 21.6. The molecule has 0 fully saturated rings. The van der Waals surface area contributed by atoms with E-state index in [0.29, 0.717) is 22.5 Å². The maximum absolute atomic E-state index is 13.0. The first-order valence-electron chi connectivity index (χ1n) is 10.6. The van der Waals surface area contributed by atoms with E-state index in [2.05, 4.69) is 9.97 Å². The molecular weight excluding hydrogens is 517 g/mol. The highest BCUT2D eigenvalue weighted by molar-refractivity contribution is 7.90. The predicted octanol–water partition coefficient (Wildman–Crippen LogP) is 5.20. The first kappa shape index (κ1) is 25.6. The molecule has 12 heteroatoms. The van der Waals surface area contributed by atoms with Gasteiger partial charge in [-0.3, -0.25) is 4.79 Å². The van der Waals surface area contributed by atoms with Crippen molar-refractivity contribution in [2.45, 2.75) is 38.4 Å². The molecule has 0 saturated heterocycles. The van der Waals surface area contributed by atoms with Gasteiger partial charge < -0.3 is 4.57 Å². The smallest absolute Gasteiger partial charge is 0.308 e. The van der Waals surface area contributed by atoms with Crippen LogP contribution >= 0.6 is 11.6 Å². The van der Waals surface area contributed by atoms with Crippen LogP contribution in [0.2, 0.25) is 5.02 Å². The Labute approximate surface area is 210 Å². The second kappa shape index (κ2) is 9.21. The maximum Gasteiger partial charge on any atom is 0.416 e. The third-order valence-corrected chi connectivity index (χ3v) is 7.28. The van der Waals surface area contributed by atoms with E-state index in [1.54, 1.807) is 37.5 Å². The number of carbonyl (C=O) groups excluding carboxylic acids is 1. The fourth-order valence-corrected chi connectivity index (χ4v) is 4.83. The Balaban J connectivity index is 1.69. The summed E-state index contributed by atoms with van der Waals surface area (Å²) >= 11 is 6.12. The molecular formula is C24H20ClF3N4O3S. The number of nitrogens with zero attached hydrogens (tertiary/aromatic N) is 3. The molecule has 0 spiro atoms. The van der Waals surface area contributed by atoms with E-state index in [1.165, 1.54) is 24.3 Å². The lowest BCUT2D eigenvalue weighted by molar-refractivity contribution is -0.137. The molecule has 2 aromatic heterocycles. The predicted molar refractivity (Wildman–Crippen MR) is 128 cm³/mol. The quantitative estimate of drug-likeness (QED) is 0.378. The Bertz CT molecular complexity index is 1600. The molecule has 4 rings (SSSR count). The summed E-state index contributed by atoms with van der Waals surface area (Å²) in [6.45, 7) is 5.22. The van der Waals surface area contributed by atoms with Gasteiger partial charge in [-0.25, -0.2) is 23.1 Å². The minimum absolute atomic E-state index is 0.0402. The molecule has 0 unspecified atom stereocenters. The molecule has 1 N–H and O–H groups in total. The fourth-order valence-electron chi connectivity index (χ4n) is 3.63. The van der Waals surface area contributed by atoms with Crippen molar-refractivity contribution in [3.05, 3.63) is 87.3 Å². The molecule has 36 heavy (non-hydrogen) atoms. The number of sulfonamides is 1. The average molecular weight is 537 g/mol. The van der Waals surface area contributed by atoms with E-state index in [1.807, 2.05) is 4.72 Å². The third kappa shape index (κ3) is 5.07. The maximum atomic E-state index is 13.0. The Hall–Kier alpha value is -3.44. The lowest BCUT2D eigenvalue weighted by Gasteiger charge is -2.12. The van der Waals surface area contributed by atoms with Gasteiger partial charge in [-0.1, -0.05) is 35.4 Å². The molecule has 0 bridgehead atoms. The number of pyridine rings is 1. The SMILES string of the molecule is Cc1ccc(S(=O)(=O)NC(=O)c2cc(C)c3nc(C)n(Cc4ccc(C(F)(F)F)cc4Cl)c3n2)cc1. The zero-order valence-corrected chi connectivity index (χ0v) is 20.9. The van der Waals surface area contributed by atoms with Crippen LogP contribution in [0.25, 0.3) is 11.2 Å².